The molecule has 1 aliphatic heterocycles. The first-order valence-corrected chi connectivity index (χ1v) is 5.84. The second-order valence-electron chi connectivity index (χ2n) is 4.29. The number of para-hydroxylation sites is 1. The Kier molecular flexibility index (Phi) is 2.63. The first-order valence-electron chi connectivity index (χ1n) is 5.84. The number of aliphatic hydroxyl groups is 1. The second kappa shape index (κ2) is 4.31. The van der Waals surface area contributed by atoms with Gasteiger partial charge in [-0.05, 0) is 22.7 Å². The summed E-state index contributed by atoms with van der Waals surface area (Å²) in [5, 5.41) is 17.0. The normalized spacial score (nSPS) is 21.3. The van der Waals surface area contributed by atoms with Crippen molar-refractivity contribution in [2.24, 2.45) is 5.11 Å². The van der Waals surface area contributed by atoms with Gasteiger partial charge in [-0.1, -0.05) is 53.6 Å². The van der Waals surface area contributed by atoms with Crippen LogP contribution in [0.25, 0.3) is 10.4 Å². The van der Waals surface area contributed by atoms with Crippen molar-refractivity contribution < 1.29 is 5.11 Å². The van der Waals surface area contributed by atoms with Gasteiger partial charge in [-0.15, -0.1) is 0 Å². The molecule has 5 nitrogen and oxygen atoms in total. The van der Waals surface area contributed by atoms with Crippen molar-refractivity contribution in [2.75, 3.05) is 5.32 Å². The van der Waals surface area contributed by atoms with E-state index in [9.17, 15) is 5.11 Å². The van der Waals surface area contributed by atoms with Crippen LogP contribution >= 0.6 is 0 Å². The van der Waals surface area contributed by atoms with Crippen LogP contribution in [0.15, 0.2) is 59.7 Å². The van der Waals surface area contributed by atoms with Crippen molar-refractivity contribution in [3.05, 3.63) is 82.4 Å². The minimum Gasteiger partial charge on any atom is -0.366 e. The number of anilines is 1. The summed E-state index contributed by atoms with van der Waals surface area (Å²) >= 11 is 0. The number of azide groups is 1. The molecule has 93 valence electrons. The lowest BCUT2D eigenvalue weighted by molar-refractivity contribution is 0.251. The van der Waals surface area contributed by atoms with Gasteiger partial charge in [0.2, 0.25) is 6.23 Å². The summed E-state index contributed by atoms with van der Waals surface area (Å²) < 4.78 is 0. The predicted molar refractivity (Wildman–Crippen MR) is 71.6 cm³/mol. The molecule has 0 saturated carbocycles. The molecule has 3 rings (SSSR count). The van der Waals surface area contributed by atoms with Crippen molar-refractivity contribution in [3.8, 4) is 0 Å². The molecule has 2 aromatic carbocycles. The first-order chi connectivity index (χ1) is 9.29. The van der Waals surface area contributed by atoms with Crippen LogP contribution in [0.4, 0.5) is 5.69 Å². The molecule has 0 aromatic heterocycles. The number of nitrogens with zero attached hydrogens (tertiary/aromatic N) is 3. The molecule has 0 fully saturated rings. The molecule has 1 aliphatic rings. The third-order valence-corrected chi connectivity index (χ3v) is 3.30. The molecule has 0 bridgehead atoms. The minimum absolute atomic E-state index is 0.0716. The lowest BCUT2D eigenvalue weighted by atomic mass is 9.84. The smallest absolute Gasteiger partial charge is 0.205 e. The van der Waals surface area contributed by atoms with Crippen molar-refractivity contribution in [2.45, 2.75) is 5.54 Å². The fraction of sp³-hybridized carbons (Fsp3) is 0.0714. The van der Waals surface area contributed by atoms with Gasteiger partial charge in [-0.25, -0.2) is 0 Å². The predicted octanol–water partition coefficient (Wildman–Crippen LogP) is 3.53. The average molecular weight is 251 g/mol. The molecule has 1 heterocycles. The molecule has 2 aromatic rings. The third-order valence-electron chi connectivity index (χ3n) is 3.30. The summed E-state index contributed by atoms with van der Waals surface area (Å²) in [4.78, 5) is 2.92. The quantitative estimate of drug-likeness (QED) is 0.486. The highest BCUT2D eigenvalue weighted by atomic mass is 16.3. The summed E-state index contributed by atoms with van der Waals surface area (Å²) in [6, 6.07) is 16.6. The zero-order chi connectivity index (χ0) is 13.3. The van der Waals surface area contributed by atoms with E-state index in [1.54, 1.807) is 0 Å². The van der Waals surface area contributed by atoms with Crippen LogP contribution in [0.1, 0.15) is 11.1 Å². The Hall–Kier alpha value is -2.49. The largest absolute Gasteiger partial charge is 0.366 e. The Bertz CT molecular complexity index is 652. The third kappa shape index (κ3) is 1.57. The number of rotatable bonds is 2. The molecule has 0 saturated heterocycles. The van der Waals surface area contributed by atoms with Crippen molar-refractivity contribution in [1.29, 1.82) is 0 Å². The number of hydrogen-bond acceptors (Lipinski definition) is 3. The van der Waals surface area contributed by atoms with Gasteiger partial charge in [0.1, 0.15) is 0 Å². The summed E-state index contributed by atoms with van der Waals surface area (Å²) in [5.41, 5.74) is 9.92. The molecule has 2 N–H and O–H groups in total. The second-order valence-corrected chi connectivity index (χ2v) is 4.29. The van der Waals surface area contributed by atoms with Gasteiger partial charge in [0, 0.05) is 10.6 Å². The number of nitrogens with one attached hydrogen (secondary N) is 1. The van der Waals surface area contributed by atoms with Crippen LogP contribution < -0.4 is 5.32 Å². The number of benzene rings is 2. The van der Waals surface area contributed by atoms with Crippen LogP contribution in [-0.4, -0.2) is 5.11 Å². The Morgan fingerprint density at radius 3 is 2.47 bits per heavy atom. The first kappa shape index (κ1) is 11.6. The zero-order valence-electron chi connectivity index (χ0n) is 9.99. The minimum atomic E-state index is -1.20. The van der Waals surface area contributed by atoms with Crippen LogP contribution in [0.2, 0.25) is 0 Å². The van der Waals surface area contributed by atoms with Crippen molar-refractivity contribution in [1.82, 2.24) is 0 Å². The van der Waals surface area contributed by atoms with E-state index in [1.165, 1.54) is 0 Å². The topological polar surface area (TPSA) is 81.0 Å². The highest BCUT2D eigenvalue weighted by Crippen LogP contribution is 2.49. The lowest BCUT2D eigenvalue weighted by Gasteiger charge is -2.26. The van der Waals surface area contributed by atoms with Gasteiger partial charge < -0.3 is 10.4 Å². The maximum absolute atomic E-state index is 10.3. The molecular weight excluding hydrogens is 240 g/mol. The van der Waals surface area contributed by atoms with Gasteiger partial charge >= 0.3 is 0 Å². The van der Waals surface area contributed by atoms with E-state index in [4.69, 9.17) is 5.53 Å². The number of hydrogen-bond donors (Lipinski definition) is 2. The standard InChI is InChI=1S/C14H11N4O/c15-18-17-14(10-6-2-1-3-7-10)11-8-4-5-9-12(11)16-13(14)19/h1-9,16,19H. The molecule has 1 radical (unpaired) electrons. The van der Waals surface area contributed by atoms with Gasteiger partial charge in [-0.2, -0.15) is 0 Å². The van der Waals surface area contributed by atoms with Crippen LogP contribution in [0.5, 0.6) is 0 Å². The molecule has 5 heteroatoms. The average Bonchev–Trinajstić information content (AvgIpc) is 2.74. The van der Waals surface area contributed by atoms with E-state index in [2.05, 4.69) is 15.3 Å². The maximum atomic E-state index is 10.3. The maximum Gasteiger partial charge on any atom is 0.205 e. The number of fused-ring (bicyclic) bond motifs is 1. The Morgan fingerprint density at radius 2 is 1.74 bits per heavy atom. The van der Waals surface area contributed by atoms with Crippen LogP contribution in [-0.2, 0) is 5.54 Å². The van der Waals surface area contributed by atoms with E-state index >= 15 is 0 Å². The van der Waals surface area contributed by atoms with Crippen LogP contribution in [0, 0.1) is 6.23 Å². The zero-order valence-corrected chi connectivity index (χ0v) is 9.99. The monoisotopic (exact) mass is 251 g/mol. The van der Waals surface area contributed by atoms with E-state index in [0.29, 0.717) is 0 Å². The van der Waals surface area contributed by atoms with E-state index in [1.807, 2.05) is 54.6 Å². The van der Waals surface area contributed by atoms with Crippen LogP contribution in [0.3, 0.4) is 0 Å². The molecule has 0 spiro atoms. The lowest BCUT2D eigenvalue weighted by Crippen LogP contribution is -2.31. The Balaban J connectivity index is 2.30. The highest BCUT2D eigenvalue weighted by molar-refractivity contribution is 5.68. The van der Waals surface area contributed by atoms with Gasteiger partial charge in [0.05, 0.1) is 0 Å². The molecule has 1 unspecified atom stereocenters. The summed E-state index contributed by atoms with van der Waals surface area (Å²) in [7, 11) is 0. The highest BCUT2D eigenvalue weighted by Gasteiger charge is 2.48. The molecule has 1 atom stereocenters. The van der Waals surface area contributed by atoms with Gasteiger partial charge in [-0.3, -0.25) is 0 Å². The van der Waals surface area contributed by atoms with Crippen molar-refractivity contribution >= 4 is 5.69 Å². The molecule has 19 heavy (non-hydrogen) atoms. The van der Waals surface area contributed by atoms with E-state index < -0.39 is 5.54 Å². The van der Waals surface area contributed by atoms with Crippen molar-refractivity contribution in [3.63, 3.8) is 0 Å². The summed E-state index contributed by atoms with van der Waals surface area (Å²) in [6.45, 7) is 0. The van der Waals surface area contributed by atoms with Gasteiger partial charge in [0.25, 0.3) is 0 Å². The van der Waals surface area contributed by atoms with E-state index in [0.717, 1.165) is 16.8 Å². The molecule has 0 aliphatic carbocycles. The molecular formula is C14H11N4O. The van der Waals surface area contributed by atoms with E-state index in [-0.39, 0.29) is 6.23 Å². The fourth-order valence-corrected chi connectivity index (χ4v) is 2.45. The summed E-state index contributed by atoms with van der Waals surface area (Å²) in [6.07, 6.45) is -0.0716. The van der Waals surface area contributed by atoms with Gasteiger partial charge in [0.15, 0.2) is 5.54 Å². The molecule has 0 amide bonds. The Morgan fingerprint density at radius 1 is 1.05 bits per heavy atom. The summed E-state index contributed by atoms with van der Waals surface area (Å²) in [5.74, 6) is 0. The SMILES string of the molecule is [N-]=[N+]=NC1(c2ccccc2)[C](O)Nc2ccccc21. The Labute approximate surface area is 110 Å². The fourth-order valence-electron chi connectivity index (χ4n) is 2.45. The number of aliphatic hydroxyl groups excluding tert-OH is 1.